The third-order valence-corrected chi connectivity index (χ3v) is 2.86. The zero-order chi connectivity index (χ0) is 9.53. The van der Waals surface area contributed by atoms with Crippen molar-refractivity contribution < 1.29 is 4.74 Å². The van der Waals surface area contributed by atoms with E-state index in [1.165, 1.54) is 38.8 Å². The normalized spacial score (nSPS) is 27.9. The predicted octanol–water partition coefficient (Wildman–Crippen LogP) is 2.39. The molecular weight excluding hydrogens is 162 g/mol. The molecule has 2 rings (SSSR count). The second-order valence-electron chi connectivity index (χ2n) is 5.35. The Kier molecular flexibility index (Phi) is 2.16. The minimum absolute atomic E-state index is 0.0130. The molecule has 2 fully saturated rings. The minimum atomic E-state index is 0.0130. The molecule has 0 aromatic rings. The third-order valence-electron chi connectivity index (χ3n) is 2.86. The Bertz CT molecular complexity index is 185. The summed E-state index contributed by atoms with van der Waals surface area (Å²) in [5, 5.41) is 0. The van der Waals surface area contributed by atoms with Crippen molar-refractivity contribution in [3.8, 4) is 0 Å². The van der Waals surface area contributed by atoms with E-state index < -0.39 is 0 Å². The SMILES string of the molecule is CC(C)(C)OC1(N2CCCC2)CC1. The summed E-state index contributed by atoms with van der Waals surface area (Å²) in [6.07, 6.45) is 5.19. The van der Waals surface area contributed by atoms with E-state index in [1.54, 1.807) is 0 Å². The standard InChI is InChI=1S/C11H21NO/c1-10(2,3)13-11(6-7-11)12-8-4-5-9-12/h4-9H2,1-3H3. The van der Waals surface area contributed by atoms with Gasteiger partial charge in [0.1, 0.15) is 5.72 Å². The van der Waals surface area contributed by atoms with E-state index in [1.807, 2.05) is 0 Å². The van der Waals surface area contributed by atoms with Crippen molar-refractivity contribution in [1.29, 1.82) is 0 Å². The average molecular weight is 183 g/mol. The zero-order valence-electron chi connectivity index (χ0n) is 9.10. The molecule has 2 nitrogen and oxygen atoms in total. The van der Waals surface area contributed by atoms with Gasteiger partial charge in [-0.05, 0) is 46.5 Å². The number of rotatable bonds is 2. The quantitative estimate of drug-likeness (QED) is 0.651. The molecule has 1 aliphatic carbocycles. The van der Waals surface area contributed by atoms with E-state index in [-0.39, 0.29) is 11.3 Å². The van der Waals surface area contributed by atoms with Gasteiger partial charge in [0, 0.05) is 13.1 Å². The van der Waals surface area contributed by atoms with E-state index in [0.29, 0.717) is 0 Å². The van der Waals surface area contributed by atoms with Crippen molar-refractivity contribution in [3.63, 3.8) is 0 Å². The molecule has 76 valence electrons. The van der Waals surface area contributed by atoms with Crippen LogP contribution in [0, 0.1) is 0 Å². The highest BCUT2D eigenvalue weighted by Gasteiger charge is 2.51. The molecule has 0 spiro atoms. The molecule has 1 heterocycles. The summed E-state index contributed by atoms with van der Waals surface area (Å²) in [6.45, 7) is 8.96. The minimum Gasteiger partial charge on any atom is -0.355 e. The molecule has 0 N–H and O–H groups in total. The summed E-state index contributed by atoms with van der Waals surface area (Å²) in [5.74, 6) is 0. The first-order chi connectivity index (χ1) is 6.02. The van der Waals surface area contributed by atoms with Crippen LogP contribution in [0.2, 0.25) is 0 Å². The van der Waals surface area contributed by atoms with Crippen LogP contribution in [0.5, 0.6) is 0 Å². The first kappa shape index (κ1) is 9.47. The monoisotopic (exact) mass is 183 g/mol. The van der Waals surface area contributed by atoms with Crippen LogP contribution in [0.1, 0.15) is 46.5 Å². The molecule has 0 radical (unpaired) electrons. The lowest BCUT2D eigenvalue weighted by molar-refractivity contribution is -0.146. The molecule has 1 aliphatic heterocycles. The first-order valence-electron chi connectivity index (χ1n) is 5.47. The van der Waals surface area contributed by atoms with Gasteiger partial charge in [0.25, 0.3) is 0 Å². The highest BCUT2D eigenvalue weighted by molar-refractivity contribution is 4.98. The Labute approximate surface area is 81.3 Å². The van der Waals surface area contributed by atoms with Crippen LogP contribution in [0.25, 0.3) is 0 Å². The van der Waals surface area contributed by atoms with E-state index in [9.17, 15) is 0 Å². The van der Waals surface area contributed by atoms with Gasteiger partial charge >= 0.3 is 0 Å². The molecule has 13 heavy (non-hydrogen) atoms. The first-order valence-corrected chi connectivity index (χ1v) is 5.47. The van der Waals surface area contributed by atoms with Crippen molar-refractivity contribution >= 4 is 0 Å². The lowest BCUT2D eigenvalue weighted by atomic mass is 10.2. The van der Waals surface area contributed by atoms with Crippen LogP contribution in [-0.4, -0.2) is 29.3 Å². The predicted molar refractivity (Wildman–Crippen MR) is 53.6 cm³/mol. The van der Waals surface area contributed by atoms with Crippen molar-refractivity contribution in [2.75, 3.05) is 13.1 Å². The van der Waals surface area contributed by atoms with Gasteiger partial charge in [0.2, 0.25) is 0 Å². The van der Waals surface area contributed by atoms with E-state index in [0.717, 1.165) is 0 Å². The fraction of sp³-hybridized carbons (Fsp3) is 1.00. The van der Waals surface area contributed by atoms with Gasteiger partial charge in [-0.1, -0.05) is 0 Å². The Balaban J connectivity index is 1.96. The van der Waals surface area contributed by atoms with Crippen LogP contribution < -0.4 is 0 Å². The molecule has 0 bridgehead atoms. The molecular formula is C11H21NO. The Morgan fingerprint density at radius 1 is 1.08 bits per heavy atom. The van der Waals surface area contributed by atoms with Gasteiger partial charge in [-0.25, -0.2) is 0 Å². The van der Waals surface area contributed by atoms with E-state index in [4.69, 9.17) is 4.74 Å². The second-order valence-corrected chi connectivity index (χ2v) is 5.35. The zero-order valence-corrected chi connectivity index (χ0v) is 9.10. The van der Waals surface area contributed by atoms with Crippen molar-refractivity contribution in [2.45, 2.75) is 57.8 Å². The summed E-state index contributed by atoms with van der Waals surface area (Å²) in [6, 6.07) is 0. The topological polar surface area (TPSA) is 12.5 Å². The lowest BCUT2D eigenvalue weighted by Crippen LogP contribution is -2.42. The third kappa shape index (κ3) is 2.05. The molecule has 0 aromatic heterocycles. The van der Waals surface area contributed by atoms with Crippen molar-refractivity contribution in [2.24, 2.45) is 0 Å². The van der Waals surface area contributed by atoms with Gasteiger partial charge < -0.3 is 4.74 Å². The van der Waals surface area contributed by atoms with Gasteiger partial charge in [-0.3, -0.25) is 4.90 Å². The van der Waals surface area contributed by atoms with Crippen LogP contribution >= 0.6 is 0 Å². The van der Waals surface area contributed by atoms with Crippen molar-refractivity contribution in [1.82, 2.24) is 4.90 Å². The highest BCUT2D eigenvalue weighted by atomic mass is 16.5. The maximum atomic E-state index is 6.15. The number of nitrogens with zero attached hydrogens (tertiary/aromatic N) is 1. The number of ether oxygens (including phenoxy) is 1. The van der Waals surface area contributed by atoms with Gasteiger partial charge in [-0.2, -0.15) is 0 Å². The smallest absolute Gasteiger partial charge is 0.122 e. The van der Waals surface area contributed by atoms with Crippen LogP contribution in [0.3, 0.4) is 0 Å². The molecule has 2 heteroatoms. The number of hydrogen-bond acceptors (Lipinski definition) is 2. The molecule has 1 saturated heterocycles. The summed E-state index contributed by atoms with van der Waals surface area (Å²) in [4.78, 5) is 2.54. The summed E-state index contributed by atoms with van der Waals surface area (Å²) < 4.78 is 6.15. The highest BCUT2D eigenvalue weighted by Crippen LogP contribution is 2.46. The summed E-state index contributed by atoms with van der Waals surface area (Å²) in [7, 11) is 0. The van der Waals surface area contributed by atoms with Crippen LogP contribution in [-0.2, 0) is 4.74 Å². The number of likely N-dealkylation sites (tertiary alicyclic amines) is 1. The fourth-order valence-electron chi connectivity index (χ4n) is 2.28. The molecule has 0 amide bonds. The molecule has 0 aromatic carbocycles. The van der Waals surface area contributed by atoms with E-state index in [2.05, 4.69) is 25.7 Å². The summed E-state index contributed by atoms with van der Waals surface area (Å²) in [5.41, 5.74) is 0.161. The molecule has 0 atom stereocenters. The van der Waals surface area contributed by atoms with Gasteiger partial charge in [-0.15, -0.1) is 0 Å². The van der Waals surface area contributed by atoms with Gasteiger partial charge in [0.05, 0.1) is 5.60 Å². The molecule has 2 aliphatic rings. The van der Waals surface area contributed by atoms with Gasteiger partial charge in [0.15, 0.2) is 0 Å². The number of hydrogen-bond donors (Lipinski definition) is 0. The Hall–Kier alpha value is -0.0800. The summed E-state index contributed by atoms with van der Waals surface area (Å²) >= 11 is 0. The maximum Gasteiger partial charge on any atom is 0.122 e. The largest absolute Gasteiger partial charge is 0.355 e. The second kappa shape index (κ2) is 2.96. The Morgan fingerprint density at radius 2 is 1.62 bits per heavy atom. The fourth-order valence-corrected chi connectivity index (χ4v) is 2.28. The van der Waals surface area contributed by atoms with E-state index >= 15 is 0 Å². The molecule has 0 unspecified atom stereocenters. The van der Waals surface area contributed by atoms with Crippen molar-refractivity contribution in [3.05, 3.63) is 0 Å². The maximum absolute atomic E-state index is 6.15. The van der Waals surface area contributed by atoms with Crippen LogP contribution in [0.4, 0.5) is 0 Å². The lowest BCUT2D eigenvalue weighted by Gasteiger charge is -2.34. The van der Waals surface area contributed by atoms with Crippen LogP contribution in [0.15, 0.2) is 0 Å². The Morgan fingerprint density at radius 3 is 2.00 bits per heavy atom. The molecule has 1 saturated carbocycles. The average Bonchev–Trinajstić information content (AvgIpc) is 2.60.